The largest absolute Gasteiger partial charge is 0.496 e. The molecule has 0 atom stereocenters. The third kappa shape index (κ3) is 1.38. The van der Waals surface area contributed by atoms with E-state index in [0.29, 0.717) is 24.4 Å². The first-order valence-electron chi connectivity index (χ1n) is 4.70. The van der Waals surface area contributed by atoms with Gasteiger partial charge in [0.1, 0.15) is 5.75 Å². The predicted molar refractivity (Wildman–Crippen MR) is 53.4 cm³/mol. The van der Waals surface area contributed by atoms with Crippen LogP contribution in [0.3, 0.4) is 0 Å². The summed E-state index contributed by atoms with van der Waals surface area (Å²) >= 11 is 0. The highest BCUT2D eigenvalue weighted by molar-refractivity contribution is 5.42. The summed E-state index contributed by atoms with van der Waals surface area (Å²) in [5, 5.41) is 2.94. The van der Waals surface area contributed by atoms with Crippen LogP contribution < -0.4 is 10.1 Å². The van der Waals surface area contributed by atoms with E-state index in [2.05, 4.69) is 5.32 Å². The lowest BCUT2D eigenvalue weighted by Crippen LogP contribution is -2.53. The topological polar surface area (TPSA) is 21.3 Å². The summed E-state index contributed by atoms with van der Waals surface area (Å²) in [5.74, 6) is 0.639. The van der Waals surface area contributed by atoms with Crippen molar-refractivity contribution < 1.29 is 9.13 Å². The number of nitrogens with one attached hydrogen (secondary N) is 1. The van der Waals surface area contributed by atoms with Crippen molar-refractivity contribution in [3.8, 4) is 5.75 Å². The van der Waals surface area contributed by atoms with Crippen LogP contribution in [-0.4, -0.2) is 20.2 Å². The van der Waals surface area contributed by atoms with Crippen LogP contribution in [0.5, 0.6) is 5.75 Å². The van der Waals surface area contributed by atoms with Gasteiger partial charge in [-0.3, -0.25) is 0 Å². The van der Waals surface area contributed by atoms with Gasteiger partial charge in [0.05, 0.1) is 7.11 Å². The van der Waals surface area contributed by atoms with Gasteiger partial charge in [0.2, 0.25) is 0 Å². The summed E-state index contributed by atoms with van der Waals surface area (Å²) in [6.45, 7) is 2.72. The predicted octanol–water partition coefficient (Wildman–Crippen LogP) is 1.77. The Labute approximate surface area is 83.1 Å². The van der Waals surface area contributed by atoms with Crippen molar-refractivity contribution in [3.05, 3.63) is 29.3 Å². The van der Waals surface area contributed by atoms with Gasteiger partial charge in [0.25, 0.3) is 0 Å². The third-order valence-corrected chi connectivity index (χ3v) is 2.65. The maximum absolute atomic E-state index is 14.1. The highest BCUT2D eigenvalue weighted by Gasteiger charge is 2.41. The fourth-order valence-electron chi connectivity index (χ4n) is 1.71. The molecule has 0 unspecified atom stereocenters. The Morgan fingerprint density at radius 3 is 2.64 bits per heavy atom. The SMILES string of the molecule is COc1ccc(C)cc1C1(F)CNC1. The molecule has 3 heteroatoms. The van der Waals surface area contributed by atoms with Gasteiger partial charge in [-0.1, -0.05) is 11.6 Å². The quantitative estimate of drug-likeness (QED) is 0.776. The van der Waals surface area contributed by atoms with Crippen LogP contribution >= 0.6 is 0 Å². The van der Waals surface area contributed by atoms with Crippen molar-refractivity contribution in [3.63, 3.8) is 0 Å². The molecule has 1 aromatic rings. The van der Waals surface area contributed by atoms with E-state index in [4.69, 9.17) is 4.74 Å². The van der Waals surface area contributed by atoms with Gasteiger partial charge in [-0.15, -0.1) is 0 Å². The molecule has 1 N–H and O–H groups in total. The normalized spacial score (nSPS) is 18.8. The van der Waals surface area contributed by atoms with E-state index < -0.39 is 5.67 Å². The maximum Gasteiger partial charge on any atom is 0.164 e. The van der Waals surface area contributed by atoms with Crippen LogP contribution in [0.4, 0.5) is 4.39 Å². The highest BCUT2D eigenvalue weighted by atomic mass is 19.1. The summed E-state index contributed by atoms with van der Waals surface area (Å²) in [6.07, 6.45) is 0. The molecule has 1 saturated heterocycles. The second kappa shape index (κ2) is 3.24. The number of benzene rings is 1. The summed E-state index contributed by atoms with van der Waals surface area (Å²) < 4.78 is 19.3. The van der Waals surface area contributed by atoms with Crippen LogP contribution in [0.25, 0.3) is 0 Å². The summed E-state index contributed by atoms with van der Waals surface area (Å²) in [7, 11) is 1.57. The molecule has 0 amide bonds. The molecule has 1 aliphatic rings. The van der Waals surface area contributed by atoms with E-state index in [1.807, 2.05) is 25.1 Å². The zero-order valence-electron chi connectivity index (χ0n) is 8.43. The molecule has 0 aromatic heterocycles. The van der Waals surface area contributed by atoms with Crippen molar-refractivity contribution >= 4 is 0 Å². The second-order valence-corrected chi connectivity index (χ2v) is 3.77. The first kappa shape index (κ1) is 9.46. The number of ether oxygens (including phenoxy) is 1. The third-order valence-electron chi connectivity index (χ3n) is 2.65. The van der Waals surface area contributed by atoms with Crippen molar-refractivity contribution in [2.75, 3.05) is 20.2 Å². The molecular formula is C11H14FNO. The second-order valence-electron chi connectivity index (χ2n) is 3.77. The van der Waals surface area contributed by atoms with Crippen molar-refractivity contribution in [1.82, 2.24) is 5.32 Å². The minimum absolute atomic E-state index is 0.382. The molecule has 76 valence electrons. The molecule has 0 saturated carbocycles. The number of rotatable bonds is 2. The molecule has 14 heavy (non-hydrogen) atoms. The molecule has 0 radical (unpaired) electrons. The lowest BCUT2D eigenvalue weighted by Gasteiger charge is -2.36. The molecular weight excluding hydrogens is 181 g/mol. The van der Waals surface area contributed by atoms with Gasteiger partial charge < -0.3 is 10.1 Å². The lowest BCUT2D eigenvalue weighted by atomic mass is 9.88. The van der Waals surface area contributed by atoms with Crippen LogP contribution in [0.2, 0.25) is 0 Å². The summed E-state index contributed by atoms with van der Waals surface area (Å²) in [4.78, 5) is 0. The summed E-state index contributed by atoms with van der Waals surface area (Å²) in [5.41, 5.74) is 0.487. The van der Waals surface area contributed by atoms with Gasteiger partial charge >= 0.3 is 0 Å². The Hall–Kier alpha value is -1.09. The average Bonchev–Trinajstić information content (AvgIpc) is 2.14. The van der Waals surface area contributed by atoms with E-state index in [-0.39, 0.29) is 0 Å². The fraction of sp³-hybridized carbons (Fsp3) is 0.455. The summed E-state index contributed by atoms with van der Waals surface area (Å²) in [6, 6.07) is 5.61. The molecule has 0 spiro atoms. The fourth-order valence-corrected chi connectivity index (χ4v) is 1.71. The number of hydrogen-bond donors (Lipinski definition) is 1. The lowest BCUT2D eigenvalue weighted by molar-refractivity contribution is 0.0858. The Morgan fingerprint density at radius 2 is 2.14 bits per heavy atom. The molecule has 1 aromatic carbocycles. The van der Waals surface area contributed by atoms with Gasteiger partial charge in [-0.25, -0.2) is 4.39 Å². The van der Waals surface area contributed by atoms with Crippen LogP contribution in [-0.2, 0) is 5.67 Å². The molecule has 0 bridgehead atoms. The van der Waals surface area contributed by atoms with Gasteiger partial charge in [0, 0.05) is 18.7 Å². The Balaban J connectivity index is 2.43. The average molecular weight is 195 g/mol. The van der Waals surface area contributed by atoms with Crippen molar-refractivity contribution in [1.29, 1.82) is 0 Å². The smallest absolute Gasteiger partial charge is 0.164 e. The van der Waals surface area contributed by atoms with Gasteiger partial charge in [-0.05, 0) is 19.1 Å². The first-order chi connectivity index (χ1) is 6.65. The number of hydrogen-bond acceptors (Lipinski definition) is 2. The van der Waals surface area contributed by atoms with Gasteiger partial charge in [-0.2, -0.15) is 0 Å². The molecule has 0 aliphatic carbocycles. The van der Waals surface area contributed by atoms with Crippen LogP contribution in [0, 0.1) is 6.92 Å². The minimum Gasteiger partial charge on any atom is -0.496 e. The zero-order chi connectivity index (χ0) is 10.2. The molecule has 1 fully saturated rings. The Bertz CT molecular complexity index is 347. The molecule has 2 nitrogen and oxygen atoms in total. The van der Waals surface area contributed by atoms with Crippen molar-refractivity contribution in [2.24, 2.45) is 0 Å². The molecule has 1 aliphatic heterocycles. The molecule has 2 rings (SSSR count). The number of halogens is 1. The van der Waals surface area contributed by atoms with E-state index in [0.717, 1.165) is 5.56 Å². The van der Waals surface area contributed by atoms with E-state index in [1.54, 1.807) is 7.11 Å². The number of methoxy groups -OCH3 is 1. The van der Waals surface area contributed by atoms with E-state index in [1.165, 1.54) is 0 Å². The van der Waals surface area contributed by atoms with E-state index >= 15 is 0 Å². The van der Waals surface area contributed by atoms with Crippen LogP contribution in [0.15, 0.2) is 18.2 Å². The van der Waals surface area contributed by atoms with Crippen molar-refractivity contribution in [2.45, 2.75) is 12.6 Å². The van der Waals surface area contributed by atoms with Crippen LogP contribution in [0.1, 0.15) is 11.1 Å². The van der Waals surface area contributed by atoms with E-state index in [9.17, 15) is 4.39 Å². The highest BCUT2D eigenvalue weighted by Crippen LogP contribution is 2.36. The number of aryl methyl sites for hydroxylation is 1. The standard InChI is InChI=1S/C11H14FNO/c1-8-3-4-10(14-2)9(5-8)11(12)6-13-7-11/h3-5,13H,6-7H2,1-2H3. The van der Waals surface area contributed by atoms with Gasteiger partial charge in [0.15, 0.2) is 5.67 Å². The Morgan fingerprint density at radius 1 is 1.43 bits per heavy atom. The zero-order valence-corrected chi connectivity index (χ0v) is 8.43. The minimum atomic E-state index is -1.24. The Kier molecular flexibility index (Phi) is 2.19. The molecule has 1 heterocycles. The number of alkyl halides is 1. The first-order valence-corrected chi connectivity index (χ1v) is 4.70. The monoisotopic (exact) mass is 195 g/mol. The maximum atomic E-state index is 14.1.